The van der Waals surface area contributed by atoms with Crippen molar-refractivity contribution in [3.63, 3.8) is 0 Å². The van der Waals surface area contributed by atoms with Crippen molar-refractivity contribution < 1.29 is 43.0 Å². The first-order chi connectivity index (χ1) is 20.1. The molecule has 3 N–H and O–H groups in total. The minimum Gasteiger partial charge on any atom is -0.448 e. The first-order valence-electron chi connectivity index (χ1n) is 13.5. The van der Waals surface area contributed by atoms with Gasteiger partial charge in [0.15, 0.2) is 5.82 Å². The van der Waals surface area contributed by atoms with Crippen LogP contribution in [0.1, 0.15) is 23.8 Å². The molecule has 2 fully saturated rings. The summed E-state index contributed by atoms with van der Waals surface area (Å²) in [5, 5.41) is 12.6. The molecule has 3 atom stereocenters. The second-order valence-electron chi connectivity index (χ2n) is 9.77. The van der Waals surface area contributed by atoms with Crippen LogP contribution in [0.4, 0.5) is 10.6 Å². The van der Waals surface area contributed by atoms with Crippen LogP contribution in [0.3, 0.4) is 0 Å². The van der Waals surface area contributed by atoms with E-state index in [1.807, 2.05) is 35.2 Å². The Morgan fingerprint density at radius 2 is 1.83 bits per heavy atom. The van der Waals surface area contributed by atoms with Gasteiger partial charge < -0.3 is 39.2 Å². The third-order valence-corrected chi connectivity index (χ3v) is 8.37. The van der Waals surface area contributed by atoms with E-state index in [0.29, 0.717) is 30.3 Å². The topological polar surface area (TPSA) is 184 Å². The summed E-state index contributed by atoms with van der Waals surface area (Å²) in [6.07, 6.45) is -1.34. The van der Waals surface area contributed by atoms with Crippen molar-refractivity contribution in [2.24, 2.45) is 0 Å². The van der Waals surface area contributed by atoms with Gasteiger partial charge >= 0.3 is 13.8 Å². The molecule has 0 radical (unpaired) electrons. The van der Waals surface area contributed by atoms with Crippen molar-refractivity contribution in [2.75, 3.05) is 64.0 Å². The first kappa shape index (κ1) is 31.3. The van der Waals surface area contributed by atoms with Gasteiger partial charge in [0.05, 0.1) is 32.0 Å². The number of hydrogen-bond acceptors (Lipinski definition) is 11. The Kier molecular flexibility index (Phi) is 10.5. The number of carboxylic acid groups (broad SMARTS) is 1. The molecule has 228 valence electrons. The van der Waals surface area contributed by atoms with E-state index in [-0.39, 0.29) is 44.6 Å². The van der Waals surface area contributed by atoms with Gasteiger partial charge in [-0.2, -0.15) is 0 Å². The lowest BCUT2D eigenvalue weighted by atomic mass is 10.2. The van der Waals surface area contributed by atoms with Crippen molar-refractivity contribution in [1.29, 1.82) is 0 Å². The summed E-state index contributed by atoms with van der Waals surface area (Å²) >= 11 is 0. The van der Waals surface area contributed by atoms with Crippen LogP contribution >= 0.6 is 7.60 Å². The smallest absolute Gasteiger partial charge is 0.448 e. The number of hydroxylamine groups is 2. The molecule has 1 unspecified atom stereocenters. The molecule has 0 aliphatic carbocycles. The van der Waals surface area contributed by atoms with Crippen LogP contribution in [0.15, 0.2) is 36.4 Å². The van der Waals surface area contributed by atoms with Crippen molar-refractivity contribution in [3.05, 3.63) is 42.1 Å². The molecule has 0 bridgehead atoms. The Bertz CT molecular complexity index is 1310. The average Bonchev–Trinajstić information content (AvgIpc) is 3.46. The van der Waals surface area contributed by atoms with Crippen LogP contribution in [0.25, 0.3) is 11.4 Å². The molecule has 2 amide bonds. The van der Waals surface area contributed by atoms with Crippen LogP contribution in [-0.4, -0.2) is 119 Å². The van der Waals surface area contributed by atoms with Crippen LogP contribution in [0.5, 0.6) is 0 Å². The normalized spacial score (nSPS) is 19.6. The Morgan fingerprint density at radius 1 is 1.12 bits per heavy atom. The lowest BCUT2D eigenvalue weighted by Gasteiger charge is -2.35. The highest BCUT2D eigenvalue weighted by atomic mass is 31.2. The lowest BCUT2D eigenvalue weighted by molar-refractivity contribution is -0.154. The number of hydrogen-bond donors (Lipinski definition) is 3. The molecule has 0 saturated carbocycles. The molecule has 15 nitrogen and oxygen atoms in total. The highest BCUT2D eigenvalue weighted by Gasteiger charge is 2.36. The fourth-order valence-electron chi connectivity index (χ4n) is 4.79. The predicted octanol–water partition coefficient (Wildman–Crippen LogP) is 1.44. The van der Waals surface area contributed by atoms with E-state index in [1.54, 1.807) is 14.0 Å². The number of aromatic nitrogens is 2. The van der Waals surface area contributed by atoms with Gasteiger partial charge in [0, 0.05) is 44.9 Å². The fraction of sp³-hybridized carbons (Fsp3) is 0.500. The zero-order valence-corrected chi connectivity index (χ0v) is 24.3. The number of benzene rings is 1. The number of rotatable bonds is 11. The highest BCUT2D eigenvalue weighted by molar-refractivity contribution is 7.52. The van der Waals surface area contributed by atoms with E-state index >= 15 is 0 Å². The second kappa shape index (κ2) is 14.0. The molecule has 4 rings (SSSR count). The zero-order valence-electron chi connectivity index (χ0n) is 23.4. The van der Waals surface area contributed by atoms with E-state index in [9.17, 15) is 23.8 Å². The molecule has 3 heterocycles. The molecular weight excluding hydrogens is 571 g/mol. The molecule has 16 heteroatoms. The molecule has 2 aliphatic rings. The number of carbonyl (C=O) groups is 3. The van der Waals surface area contributed by atoms with E-state index in [0.717, 1.165) is 6.42 Å². The summed E-state index contributed by atoms with van der Waals surface area (Å²) in [5.74, 6) is -0.542. The van der Waals surface area contributed by atoms with E-state index < -0.39 is 37.8 Å². The van der Waals surface area contributed by atoms with E-state index in [1.165, 1.54) is 16.0 Å². The number of nitrogens with zero attached hydrogens (tertiary/aromatic N) is 5. The maximum Gasteiger partial charge on any atom is 0.525 e. The average molecular weight is 607 g/mol. The maximum absolute atomic E-state index is 13.6. The maximum atomic E-state index is 13.6. The van der Waals surface area contributed by atoms with Crippen LogP contribution in [0, 0.1) is 0 Å². The van der Waals surface area contributed by atoms with Crippen LogP contribution < -0.4 is 10.2 Å². The predicted molar refractivity (Wildman–Crippen MR) is 150 cm³/mol. The Labute approximate surface area is 242 Å². The first-order valence-corrected chi connectivity index (χ1v) is 15.3. The summed E-state index contributed by atoms with van der Waals surface area (Å²) < 4.78 is 23.2. The molecule has 2 aliphatic heterocycles. The molecule has 0 spiro atoms. The summed E-state index contributed by atoms with van der Waals surface area (Å²) in [5.41, 5.74) is 0.655. The summed E-state index contributed by atoms with van der Waals surface area (Å²) in [4.78, 5) is 65.4. The van der Waals surface area contributed by atoms with Crippen molar-refractivity contribution in [3.8, 4) is 11.4 Å². The molecular formula is C26H35N6O9P. The van der Waals surface area contributed by atoms with Crippen LogP contribution in [-0.2, 0) is 23.5 Å². The molecule has 1 aromatic carbocycles. The monoisotopic (exact) mass is 606 g/mol. The zero-order chi connectivity index (χ0) is 30.3. The van der Waals surface area contributed by atoms with Gasteiger partial charge in [-0.25, -0.2) is 14.8 Å². The van der Waals surface area contributed by atoms with Gasteiger partial charge in [-0.1, -0.05) is 30.3 Å². The molecule has 2 saturated heterocycles. The van der Waals surface area contributed by atoms with Crippen molar-refractivity contribution >= 4 is 31.4 Å². The Balaban J connectivity index is 1.60. The Morgan fingerprint density at radius 3 is 2.45 bits per heavy atom. The number of amides is 2. The minimum absolute atomic E-state index is 0.0121. The second-order valence-corrected chi connectivity index (χ2v) is 11.7. The van der Waals surface area contributed by atoms with Gasteiger partial charge in [0.25, 0.3) is 5.91 Å². The van der Waals surface area contributed by atoms with Crippen LogP contribution in [0.2, 0.25) is 0 Å². The quantitative estimate of drug-likeness (QED) is 0.313. The molecule has 42 heavy (non-hydrogen) atoms. The third-order valence-electron chi connectivity index (χ3n) is 6.88. The van der Waals surface area contributed by atoms with E-state index in [4.69, 9.17) is 14.4 Å². The van der Waals surface area contributed by atoms with Gasteiger partial charge in [0.2, 0.25) is 5.91 Å². The number of methoxy groups -OCH3 is 1. The number of ether oxygens (including phenoxy) is 1. The SMILES string of the molecule is CCOP(=O)(O)C[C@H](NC(=O)c1cc(N2CC[C@H](OC)C2)nc(-c2ccccc2)n1)C(=O)N1CCN(OC(=O)O)CC1. The highest BCUT2D eigenvalue weighted by Crippen LogP contribution is 2.42. The van der Waals surface area contributed by atoms with Crippen molar-refractivity contribution in [1.82, 2.24) is 25.2 Å². The van der Waals surface area contributed by atoms with E-state index in [2.05, 4.69) is 20.1 Å². The lowest BCUT2D eigenvalue weighted by Crippen LogP contribution is -2.56. The number of carbonyl (C=O) groups excluding carboxylic acids is 2. The number of anilines is 1. The fourth-order valence-corrected chi connectivity index (χ4v) is 6.01. The summed E-state index contributed by atoms with van der Waals surface area (Å²) in [6.45, 7) is 3.05. The molecule has 1 aromatic heterocycles. The molecule has 2 aromatic rings. The van der Waals surface area contributed by atoms with Gasteiger partial charge in [-0.15, -0.1) is 5.06 Å². The Hall–Kier alpha value is -3.62. The van der Waals surface area contributed by atoms with Gasteiger partial charge in [-0.3, -0.25) is 14.2 Å². The number of piperazine rings is 1. The summed E-state index contributed by atoms with van der Waals surface area (Å²) in [6, 6.07) is 9.22. The van der Waals surface area contributed by atoms with Crippen molar-refractivity contribution in [2.45, 2.75) is 25.5 Å². The minimum atomic E-state index is -4.26. The third kappa shape index (κ3) is 8.23. The largest absolute Gasteiger partial charge is 0.525 e. The van der Waals surface area contributed by atoms with Gasteiger partial charge in [0.1, 0.15) is 17.6 Å². The number of nitrogens with one attached hydrogen (secondary N) is 1. The van der Waals surface area contributed by atoms with Gasteiger partial charge in [-0.05, 0) is 13.3 Å². The summed E-state index contributed by atoms with van der Waals surface area (Å²) in [7, 11) is -2.62. The standard InChI is InChI=1S/C26H35N6O9P/c1-3-40-42(37,38)17-21(25(34)30-11-13-32(14-12-30)41-26(35)36)28-24(33)20-15-22(31-10-9-19(16-31)39-2)29-23(27-20)18-7-5-4-6-8-18/h4-8,15,19,21H,3,9-14,16-17H2,1-2H3,(H,28,33)(H,35,36)(H,37,38)/t19-,21-/m0/s1.